The van der Waals surface area contributed by atoms with Gasteiger partial charge in [-0.25, -0.2) is 4.98 Å². The Morgan fingerprint density at radius 3 is 2.95 bits per heavy atom. The van der Waals surface area contributed by atoms with E-state index in [1.807, 2.05) is 0 Å². The number of nitrogens with zero attached hydrogens (tertiary/aromatic N) is 3. The van der Waals surface area contributed by atoms with E-state index in [4.69, 9.17) is 0 Å². The monoisotopic (exact) mass is 291 g/mol. The van der Waals surface area contributed by atoms with Crippen molar-refractivity contribution in [3.63, 3.8) is 0 Å². The second-order valence-electron chi connectivity index (χ2n) is 4.13. The predicted octanol–water partition coefficient (Wildman–Crippen LogP) is 1.33. The van der Waals surface area contributed by atoms with Gasteiger partial charge in [0.15, 0.2) is 0 Å². The van der Waals surface area contributed by atoms with Crippen LogP contribution < -0.4 is 10.6 Å². The van der Waals surface area contributed by atoms with Crippen molar-refractivity contribution in [1.82, 2.24) is 25.6 Å². The Bertz CT molecular complexity index is 543. The molecule has 0 fully saturated rings. The minimum Gasteiger partial charge on any atom is -0.349 e. The highest BCUT2D eigenvalue weighted by Gasteiger charge is 2.11. The van der Waals surface area contributed by atoms with Crippen LogP contribution >= 0.6 is 11.3 Å². The third-order valence-corrected chi connectivity index (χ3v) is 3.40. The topological polar surface area (TPSA) is 79.8 Å². The van der Waals surface area contributed by atoms with E-state index in [-0.39, 0.29) is 5.91 Å². The molecular weight excluding hydrogens is 274 g/mol. The van der Waals surface area contributed by atoms with Gasteiger partial charge in [-0.2, -0.15) is 0 Å². The lowest BCUT2D eigenvalue weighted by Gasteiger charge is -2.04. The highest BCUT2D eigenvalue weighted by Crippen LogP contribution is 2.20. The third kappa shape index (κ3) is 4.07. The molecule has 7 heteroatoms. The van der Waals surface area contributed by atoms with E-state index >= 15 is 0 Å². The van der Waals surface area contributed by atoms with Crippen molar-refractivity contribution in [3.8, 4) is 10.7 Å². The van der Waals surface area contributed by atoms with Crippen LogP contribution in [0.4, 0.5) is 0 Å². The Labute approximate surface area is 121 Å². The van der Waals surface area contributed by atoms with Crippen LogP contribution in [0.25, 0.3) is 10.7 Å². The minimum absolute atomic E-state index is 0.158. The zero-order valence-electron chi connectivity index (χ0n) is 11.3. The molecule has 2 heterocycles. The Balaban J connectivity index is 1.87. The molecule has 2 N–H and O–H groups in total. The summed E-state index contributed by atoms with van der Waals surface area (Å²) in [5.74, 6) is -0.158. The molecule has 2 aromatic heterocycles. The van der Waals surface area contributed by atoms with Crippen molar-refractivity contribution < 1.29 is 4.79 Å². The average Bonchev–Trinajstić information content (AvgIpc) is 2.98. The minimum atomic E-state index is -0.158. The Kier molecular flexibility index (Phi) is 5.57. The third-order valence-electron chi connectivity index (χ3n) is 2.53. The van der Waals surface area contributed by atoms with Gasteiger partial charge in [0.2, 0.25) is 0 Å². The molecule has 0 aliphatic heterocycles. The van der Waals surface area contributed by atoms with Crippen molar-refractivity contribution in [1.29, 1.82) is 0 Å². The molecule has 0 saturated carbocycles. The summed E-state index contributed by atoms with van der Waals surface area (Å²) in [6, 6.07) is 0. The number of rotatable bonds is 7. The van der Waals surface area contributed by atoms with Gasteiger partial charge in [-0.15, -0.1) is 11.3 Å². The zero-order valence-corrected chi connectivity index (χ0v) is 12.1. The number of carbonyl (C=O) groups excluding carboxylic acids is 1. The molecular formula is C13H17N5OS. The molecule has 6 nitrogen and oxygen atoms in total. The zero-order chi connectivity index (χ0) is 14.2. The van der Waals surface area contributed by atoms with E-state index in [0.717, 1.165) is 19.5 Å². The van der Waals surface area contributed by atoms with Crippen LogP contribution in [-0.2, 0) is 0 Å². The first kappa shape index (κ1) is 14.5. The van der Waals surface area contributed by atoms with Gasteiger partial charge < -0.3 is 10.6 Å². The van der Waals surface area contributed by atoms with Crippen LogP contribution in [-0.4, -0.2) is 40.5 Å². The van der Waals surface area contributed by atoms with E-state index in [0.29, 0.717) is 22.9 Å². The maximum atomic E-state index is 11.9. The van der Waals surface area contributed by atoms with Gasteiger partial charge in [-0.05, 0) is 13.0 Å². The van der Waals surface area contributed by atoms with Gasteiger partial charge in [-0.1, -0.05) is 6.92 Å². The summed E-state index contributed by atoms with van der Waals surface area (Å²) < 4.78 is 0. The second kappa shape index (κ2) is 7.66. The largest absolute Gasteiger partial charge is 0.349 e. The Hall–Kier alpha value is -1.86. The molecule has 2 rings (SSSR count). The number of amides is 1. The van der Waals surface area contributed by atoms with Crippen LogP contribution in [0.5, 0.6) is 0 Å². The Morgan fingerprint density at radius 2 is 2.20 bits per heavy atom. The quantitative estimate of drug-likeness (QED) is 0.752. The molecule has 2 aromatic rings. The summed E-state index contributed by atoms with van der Waals surface area (Å²) in [5, 5.41) is 8.49. The lowest BCUT2D eigenvalue weighted by atomic mass is 10.4. The summed E-state index contributed by atoms with van der Waals surface area (Å²) in [5.41, 5.74) is 1.10. The molecule has 1 amide bonds. The van der Waals surface area contributed by atoms with Crippen LogP contribution in [0.1, 0.15) is 23.8 Å². The number of nitrogens with one attached hydrogen (secondary N) is 2. The summed E-state index contributed by atoms with van der Waals surface area (Å²) in [7, 11) is 0. The summed E-state index contributed by atoms with van der Waals surface area (Å²) in [6.45, 7) is 4.43. The number of hydrogen-bond donors (Lipinski definition) is 2. The smallest absolute Gasteiger partial charge is 0.270 e. The Morgan fingerprint density at radius 1 is 1.30 bits per heavy atom. The van der Waals surface area contributed by atoms with Crippen molar-refractivity contribution >= 4 is 17.2 Å². The van der Waals surface area contributed by atoms with E-state index < -0.39 is 0 Å². The molecule has 0 aliphatic rings. The molecule has 0 unspecified atom stereocenters. The first-order chi connectivity index (χ1) is 9.81. The van der Waals surface area contributed by atoms with Crippen LogP contribution in [0.15, 0.2) is 24.0 Å². The van der Waals surface area contributed by atoms with Crippen LogP contribution in [0.2, 0.25) is 0 Å². The van der Waals surface area contributed by atoms with Gasteiger partial charge >= 0.3 is 0 Å². The van der Waals surface area contributed by atoms with Gasteiger partial charge in [-0.3, -0.25) is 14.8 Å². The maximum Gasteiger partial charge on any atom is 0.270 e. The first-order valence-corrected chi connectivity index (χ1v) is 7.40. The number of hydrogen-bond acceptors (Lipinski definition) is 6. The molecule has 0 saturated heterocycles. The SMILES string of the molecule is CCCNCCNC(=O)c1csc(-c2cnccn2)n1. The van der Waals surface area contributed by atoms with E-state index in [9.17, 15) is 4.79 Å². The predicted molar refractivity (Wildman–Crippen MR) is 78.6 cm³/mol. The number of thiazole rings is 1. The molecule has 0 spiro atoms. The number of carbonyl (C=O) groups is 1. The van der Waals surface area contributed by atoms with Gasteiger partial charge in [0.25, 0.3) is 5.91 Å². The molecule has 0 radical (unpaired) electrons. The second-order valence-corrected chi connectivity index (χ2v) is 4.99. The summed E-state index contributed by atoms with van der Waals surface area (Å²) in [6.07, 6.45) is 5.93. The number of aromatic nitrogens is 3. The van der Waals surface area contributed by atoms with E-state index in [1.165, 1.54) is 11.3 Å². The van der Waals surface area contributed by atoms with E-state index in [1.54, 1.807) is 24.0 Å². The maximum absolute atomic E-state index is 11.9. The van der Waals surface area contributed by atoms with Crippen molar-refractivity contribution in [2.75, 3.05) is 19.6 Å². The van der Waals surface area contributed by atoms with Gasteiger partial charge in [0, 0.05) is 30.9 Å². The average molecular weight is 291 g/mol. The highest BCUT2D eigenvalue weighted by atomic mass is 32.1. The molecule has 0 bridgehead atoms. The summed E-state index contributed by atoms with van der Waals surface area (Å²) in [4.78, 5) is 24.3. The van der Waals surface area contributed by atoms with Crippen molar-refractivity contribution in [3.05, 3.63) is 29.7 Å². The van der Waals surface area contributed by atoms with Gasteiger partial charge in [0.05, 0.1) is 6.20 Å². The van der Waals surface area contributed by atoms with Crippen LogP contribution in [0.3, 0.4) is 0 Å². The van der Waals surface area contributed by atoms with Crippen molar-refractivity contribution in [2.24, 2.45) is 0 Å². The lowest BCUT2D eigenvalue weighted by molar-refractivity contribution is 0.0950. The molecule has 0 atom stereocenters. The van der Waals surface area contributed by atoms with Crippen molar-refractivity contribution in [2.45, 2.75) is 13.3 Å². The fourth-order valence-corrected chi connectivity index (χ4v) is 2.32. The molecule has 106 valence electrons. The van der Waals surface area contributed by atoms with E-state index in [2.05, 4.69) is 32.5 Å². The fourth-order valence-electron chi connectivity index (χ4n) is 1.56. The summed E-state index contributed by atoms with van der Waals surface area (Å²) >= 11 is 1.39. The standard InChI is InChI=1S/C13H17N5OS/c1-2-3-14-4-7-17-12(19)11-9-20-13(18-11)10-8-15-5-6-16-10/h5-6,8-9,14H,2-4,7H2,1H3,(H,17,19). The fraction of sp³-hybridized carbons (Fsp3) is 0.385. The van der Waals surface area contributed by atoms with Crippen LogP contribution in [0, 0.1) is 0 Å². The van der Waals surface area contributed by atoms with Gasteiger partial charge in [0.1, 0.15) is 16.4 Å². The first-order valence-electron chi connectivity index (χ1n) is 6.52. The molecule has 0 aliphatic carbocycles. The molecule has 20 heavy (non-hydrogen) atoms. The highest BCUT2D eigenvalue weighted by molar-refractivity contribution is 7.13. The normalized spacial score (nSPS) is 10.4. The lowest BCUT2D eigenvalue weighted by Crippen LogP contribution is -2.32. The molecule has 0 aromatic carbocycles.